The van der Waals surface area contributed by atoms with Crippen LogP contribution >= 0.6 is 0 Å². The zero-order chi connectivity index (χ0) is 16.8. The van der Waals surface area contributed by atoms with Gasteiger partial charge in [0, 0.05) is 0 Å². The molecular weight excluding hydrogens is 272 g/mol. The molecule has 0 radical (unpaired) electrons. The van der Waals surface area contributed by atoms with Gasteiger partial charge in [-0.15, -0.1) is 6.58 Å². The molecule has 2 N–H and O–H groups in total. The first kappa shape index (κ1) is 18.0. The maximum Gasteiger partial charge on any atom is 0.0797 e. The zero-order valence-electron chi connectivity index (χ0n) is 15.3. The Morgan fingerprint density at radius 3 is 2.41 bits per heavy atom. The van der Waals surface area contributed by atoms with Gasteiger partial charge in [0.05, 0.1) is 11.2 Å². The fraction of sp³-hybridized carbons (Fsp3) is 0.900. The Kier molecular flexibility index (Phi) is 4.61. The lowest BCUT2D eigenvalue weighted by molar-refractivity contribution is -0.171. The van der Waals surface area contributed by atoms with E-state index in [2.05, 4.69) is 27.4 Å². The fourth-order valence-corrected chi connectivity index (χ4v) is 5.80. The minimum absolute atomic E-state index is 0.181. The van der Waals surface area contributed by atoms with Crippen molar-refractivity contribution in [2.75, 3.05) is 0 Å². The Bertz CT molecular complexity index is 421. The molecule has 0 unspecified atom stereocenters. The van der Waals surface area contributed by atoms with E-state index >= 15 is 0 Å². The van der Waals surface area contributed by atoms with Gasteiger partial charge in [-0.25, -0.2) is 0 Å². The van der Waals surface area contributed by atoms with Gasteiger partial charge in [-0.05, 0) is 75.0 Å². The van der Waals surface area contributed by atoms with Crippen molar-refractivity contribution in [2.24, 2.45) is 22.7 Å². The van der Waals surface area contributed by atoms with Crippen molar-refractivity contribution in [1.82, 2.24) is 0 Å². The van der Waals surface area contributed by atoms with E-state index in [1.807, 2.05) is 13.8 Å². The maximum atomic E-state index is 11.1. The summed E-state index contributed by atoms with van der Waals surface area (Å²) in [4.78, 5) is 0. The fourth-order valence-electron chi connectivity index (χ4n) is 5.80. The smallest absolute Gasteiger partial charge is 0.0797 e. The summed E-state index contributed by atoms with van der Waals surface area (Å²) in [6.07, 6.45) is 8.96. The van der Waals surface area contributed by atoms with Crippen LogP contribution < -0.4 is 0 Å². The van der Waals surface area contributed by atoms with Gasteiger partial charge in [0.1, 0.15) is 0 Å². The molecule has 5 atom stereocenters. The predicted molar refractivity (Wildman–Crippen MR) is 92.6 cm³/mol. The summed E-state index contributed by atoms with van der Waals surface area (Å²) in [6, 6.07) is 0. The van der Waals surface area contributed by atoms with Crippen molar-refractivity contribution in [3.8, 4) is 0 Å². The van der Waals surface area contributed by atoms with Crippen LogP contribution in [0.1, 0.15) is 79.6 Å². The third-order valence-corrected chi connectivity index (χ3v) is 7.14. The van der Waals surface area contributed by atoms with E-state index in [0.29, 0.717) is 17.8 Å². The highest BCUT2D eigenvalue weighted by molar-refractivity contribution is 5.08. The maximum absolute atomic E-state index is 11.1. The number of rotatable bonds is 4. The quantitative estimate of drug-likeness (QED) is 0.739. The van der Waals surface area contributed by atoms with Crippen molar-refractivity contribution in [1.29, 1.82) is 0 Å². The Morgan fingerprint density at radius 2 is 1.82 bits per heavy atom. The van der Waals surface area contributed by atoms with Crippen LogP contribution in [0.2, 0.25) is 0 Å². The van der Waals surface area contributed by atoms with Crippen LogP contribution in [0, 0.1) is 22.7 Å². The van der Waals surface area contributed by atoms with Crippen LogP contribution in [0.3, 0.4) is 0 Å². The molecule has 2 heteroatoms. The molecule has 0 bridgehead atoms. The summed E-state index contributed by atoms with van der Waals surface area (Å²) >= 11 is 0. The topological polar surface area (TPSA) is 40.5 Å². The molecule has 2 nitrogen and oxygen atoms in total. The van der Waals surface area contributed by atoms with Crippen molar-refractivity contribution < 1.29 is 10.2 Å². The molecule has 0 aromatic rings. The molecule has 0 aliphatic heterocycles. The van der Waals surface area contributed by atoms with E-state index < -0.39 is 11.2 Å². The minimum Gasteiger partial charge on any atom is -0.390 e. The van der Waals surface area contributed by atoms with E-state index in [-0.39, 0.29) is 11.3 Å². The molecular formula is C20H36O2. The van der Waals surface area contributed by atoms with Gasteiger partial charge in [-0.2, -0.15) is 0 Å². The number of hydrogen-bond donors (Lipinski definition) is 2. The average molecular weight is 309 g/mol. The van der Waals surface area contributed by atoms with Gasteiger partial charge in [0.2, 0.25) is 0 Å². The van der Waals surface area contributed by atoms with Crippen LogP contribution in [-0.4, -0.2) is 21.4 Å². The molecule has 2 fully saturated rings. The third-order valence-electron chi connectivity index (χ3n) is 7.14. The molecule has 0 aromatic carbocycles. The molecule has 0 heterocycles. The van der Waals surface area contributed by atoms with Crippen molar-refractivity contribution in [3.63, 3.8) is 0 Å². The molecule has 2 rings (SSSR count). The molecule has 2 aliphatic rings. The first-order valence-electron chi connectivity index (χ1n) is 9.03. The van der Waals surface area contributed by atoms with Gasteiger partial charge in [0.15, 0.2) is 0 Å². The van der Waals surface area contributed by atoms with Crippen LogP contribution in [-0.2, 0) is 0 Å². The molecule has 0 amide bonds. The van der Waals surface area contributed by atoms with Gasteiger partial charge in [-0.1, -0.05) is 33.3 Å². The van der Waals surface area contributed by atoms with Crippen LogP contribution in [0.25, 0.3) is 0 Å². The lowest BCUT2D eigenvalue weighted by Gasteiger charge is -2.61. The Balaban J connectivity index is 2.28. The second-order valence-electron chi connectivity index (χ2n) is 9.45. The second kappa shape index (κ2) is 5.63. The Morgan fingerprint density at radius 1 is 1.18 bits per heavy atom. The average Bonchev–Trinajstić information content (AvgIpc) is 2.35. The largest absolute Gasteiger partial charge is 0.390 e. The lowest BCUT2D eigenvalue weighted by Crippen LogP contribution is -2.57. The summed E-state index contributed by atoms with van der Waals surface area (Å²) in [5, 5.41) is 21.4. The molecule has 0 saturated heterocycles. The number of fused-ring (bicyclic) bond motifs is 1. The van der Waals surface area contributed by atoms with E-state index in [9.17, 15) is 10.2 Å². The van der Waals surface area contributed by atoms with Crippen molar-refractivity contribution in [3.05, 3.63) is 12.7 Å². The van der Waals surface area contributed by atoms with E-state index in [1.165, 1.54) is 19.3 Å². The number of aliphatic hydroxyl groups is 2. The highest BCUT2D eigenvalue weighted by Gasteiger charge is 2.57. The SMILES string of the molecule is C=C[C@](C)(O)CC[C@H]1[C@@]2(C)CCCC(C)(C)[C@H]2CC[C@@]1(C)O. The lowest BCUT2D eigenvalue weighted by atomic mass is 9.45. The van der Waals surface area contributed by atoms with Gasteiger partial charge in [-0.3, -0.25) is 0 Å². The highest BCUT2D eigenvalue weighted by Crippen LogP contribution is 2.63. The summed E-state index contributed by atoms with van der Waals surface area (Å²) < 4.78 is 0. The summed E-state index contributed by atoms with van der Waals surface area (Å²) in [5.74, 6) is 0.928. The number of hydrogen-bond acceptors (Lipinski definition) is 2. The monoisotopic (exact) mass is 308 g/mol. The summed E-state index contributed by atoms with van der Waals surface area (Å²) in [6.45, 7) is 14.8. The Labute approximate surface area is 137 Å². The van der Waals surface area contributed by atoms with E-state index in [4.69, 9.17) is 0 Å². The second-order valence-corrected chi connectivity index (χ2v) is 9.45. The van der Waals surface area contributed by atoms with Gasteiger partial charge < -0.3 is 10.2 Å². The van der Waals surface area contributed by atoms with Crippen LogP contribution in [0.5, 0.6) is 0 Å². The van der Waals surface area contributed by atoms with Crippen molar-refractivity contribution in [2.45, 2.75) is 90.8 Å². The first-order chi connectivity index (χ1) is 9.95. The molecule has 22 heavy (non-hydrogen) atoms. The third kappa shape index (κ3) is 3.14. The first-order valence-corrected chi connectivity index (χ1v) is 9.03. The molecule has 0 aromatic heterocycles. The molecule has 128 valence electrons. The normalized spacial score (nSPS) is 44.0. The molecule has 2 aliphatic carbocycles. The van der Waals surface area contributed by atoms with Crippen LogP contribution in [0.15, 0.2) is 12.7 Å². The van der Waals surface area contributed by atoms with Gasteiger partial charge in [0.25, 0.3) is 0 Å². The predicted octanol–water partition coefficient (Wildman–Crippen LogP) is 4.70. The zero-order valence-corrected chi connectivity index (χ0v) is 15.3. The minimum atomic E-state index is -0.830. The van der Waals surface area contributed by atoms with E-state index in [0.717, 1.165) is 19.3 Å². The van der Waals surface area contributed by atoms with Crippen molar-refractivity contribution >= 4 is 0 Å². The molecule has 0 spiro atoms. The van der Waals surface area contributed by atoms with Crippen LogP contribution in [0.4, 0.5) is 0 Å². The highest BCUT2D eigenvalue weighted by atomic mass is 16.3. The molecule has 2 saturated carbocycles. The standard InChI is InChI=1S/C20H36O2/c1-7-18(4,21)13-9-16-19(5)12-8-11-17(2,3)15(19)10-14-20(16,6)22/h7,15-16,21-22H,1,8-14H2,2-6H3/t15-,16+,18+,19+,20-/m1/s1. The summed E-state index contributed by atoms with van der Waals surface area (Å²) in [7, 11) is 0. The Hall–Kier alpha value is -0.340. The van der Waals surface area contributed by atoms with E-state index in [1.54, 1.807) is 6.08 Å². The summed E-state index contributed by atoms with van der Waals surface area (Å²) in [5.41, 5.74) is -0.900. The van der Waals surface area contributed by atoms with Gasteiger partial charge >= 0.3 is 0 Å².